The molecule has 0 saturated heterocycles. The molecule has 1 atom stereocenters. The fourth-order valence-corrected chi connectivity index (χ4v) is 2.14. The third kappa shape index (κ3) is 2.92. The number of carbonyl (C=O) groups excluding carboxylic acids is 1. The van der Waals surface area contributed by atoms with Crippen LogP contribution in [0.15, 0.2) is 28.7 Å². The summed E-state index contributed by atoms with van der Waals surface area (Å²) in [6.45, 7) is 2.22. The SMILES string of the molecule is C#CCNC(CC)(C(=O)OC)c1ccc(Br)cc1. The number of hydrogen-bond donors (Lipinski definition) is 1. The molecule has 0 fully saturated rings. The van der Waals surface area contributed by atoms with Crippen LogP contribution in [-0.4, -0.2) is 19.6 Å². The number of methoxy groups -OCH3 is 1. The molecule has 18 heavy (non-hydrogen) atoms. The third-order valence-corrected chi connectivity index (χ3v) is 3.42. The first-order chi connectivity index (χ1) is 8.60. The lowest BCUT2D eigenvalue weighted by Crippen LogP contribution is -2.49. The van der Waals surface area contributed by atoms with Crippen LogP contribution in [-0.2, 0) is 15.1 Å². The molecule has 0 radical (unpaired) electrons. The summed E-state index contributed by atoms with van der Waals surface area (Å²) < 4.78 is 5.86. The Morgan fingerprint density at radius 2 is 2.11 bits per heavy atom. The van der Waals surface area contributed by atoms with Crippen LogP contribution in [0.3, 0.4) is 0 Å². The van der Waals surface area contributed by atoms with Gasteiger partial charge >= 0.3 is 5.97 Å². The zero-order valence-electron chi connectivity index (χ0n) is 10.5. The van der Waals surface area contributed by atoms with E-state index < -0.39 is 5.54 Å². The number of rotatable bonds is 5. The maximum absolute atomic E-state index is 12.1. The van der Waals surface area contributed by atoms with E-state index in [1.165, 1.54) is 7.11 Å². The molecule has 0 aromatic heterocycles. The molecule has 1 aromatic rings. The minimum Gasteiger partial charge on any atom is -0.467 e. The van der Waals surface area contributed by atoms with E-state index in [1.807, 2.05) is 31.2 Å². The van der Waals surface area contributed by atoms with Crippen LogP contribution < -0.4 is 5.32 Å². The summed E-state index contributed by atoms with van der Waals surface area (Å²) in [6.07, 6.45) is 5.82. The molecule has 0 bridgehead atoms. The Hall–Kier alpha value is -1.31. The van der Waals surface area contributed by atoms with Crippen LogP contribution in [0.2, 0.25) is 0 Å². The quantitative estimate of drug-likeness (QED) is 0.671. The molecular weight excluding hydrogens is 294 g/mol. The maximum atomic E-state index is 12.1. The molecule has 0 amide bonds. The van der Waals surface area contributed by atoms with Gasteiger partial charge < -0.3 is 4.74 Å². The lowest BCUT2D eigenvalue weighted by molar-refractivity contribution is -0.149. The summed E-state index contributed by atoms with van der Waals surface area (Å²) in [6, 6.07) is 7.54. The third-order valence-electron chi connectivity index (χ3n) is 2.89. The van der Waals surface area contributed by atoms with Crippen molar-refractivity contribution in [2.24, 2.45) is 0 Å². The van der Waals surface area contributed by atoms with Gasteiger partial charge in [-0.15, -0.1) is 6.42 Å². The van der Waals surface area contributed by atoms with Crippen molar-refractivity contribution in [2.75, 3.05) is 13.7 Å². The molecular formula is C14H16BrNO2. The summed E-state index contributed by atoms with van der Waals surface area (Å²) in [5.74, 6) is 2.16. The number of ether oxygens (including phenoxy) is 1. The molecule has 0 aliphatic heterocycles. The molecule has 1 unspecified atom stereocenters. The van der Waals surface area contributed by atoms with Crippen molar-refractivity contribution in [3.05, 3.63) is 34.3 Å². The van der Waals surface area contributed by atoms with Crippen molar-refractivity contribution in [3.8, 4) is 12.3 Å². The van der Waals surface area contributed by atoms with Gasteiger partial charge in [-0.3, -0.25) is 5.32 Å². The van der Waals surface area contributed by atoms with Gasteiger partial charge in [0.25, 0.3) is 0 Å². The highest BCUT2D eigenvalue weighted by Crippen LogP contribution is 2.27. The van der Waals surface area contributed by atoms with Gasteiger partial charge in [0.1, 0.15) is 5.54 Å². The Balaban J connectivity index is 3.21. The van der Waals surface area contributed by atoms with Crippen molar-refractivity contribution in [2.45, 2.75) is 18.9 Å². The summed E-state index contributed by atoms with van der Waals surface area (Å²) >= 11 is 3.37. The lowest BCUT2D eigenvalue weighted by atomic mass is 9.87. The molecule has 0 heterocycles. The summed E-state index contributed by atoms with van der Waals surface area (Å²) in [5.41, 5.74) is -0.0442. The molecule has 1 N–H and O–H groups in total. The molecule has 4 heteroatoms. The van der Waals surface area contributed by atoms with E-state index in [0.717, 1.165) is 10.0 Å². The predicted molar refractivity (Wildman–Crippen MR) is 75.0 cm³/mol. The Morgan fingerprint density at radius 3 is 2.56 bits per heavy atom. The minimum absolute atomic E-state index is 0.305. The number of nitrogens with one attached hydrogen (secondary N) is 1. The number of hydrogen-bond acceptors (Lipinski definition) is 3. The highest BCUT2D eigenvalue weighted by Gasteiger charge is 2.39. The van der Waals surface area contributed by atoms with Crippen LogP contribution in [0.1, 0.15) is 18.9 Å². The topological polar surface area (TPSA) is 38.3 Å². The van der Waals surface area contributed by atoms with Gasteiger partial charge in [0.2, 0.25) is 0 Å². The predicted octanol–water partition coefficient (Wildman–Crippen LogP) is 2.45. The zero-order valence-corrected chi connectivity index (χ0v) is 12.1. The van der Waals surface area contributed by atoms with Crippen LogP contribution in [0.5, 0.6) is 0 Å². The van der Waals surface area contributed by atoms with Gasteiger partial charge in [-0.1, -0.05) is 40.9 Å². The Bertz CT molecular complexity index is 450. The number of terminal acetylenes is 1. The second-order valence-electron chi connectivity index (χ2n) is 3.82. The highest BCUT2D eigenvalue weighted by atomic mass is 79.9. The van der Waals surface area contributed by atoms with Gasteiger partial charge in [-0.25, -0.2) is 4.79 Å². The van der Waals surface area contributed by atoms with E-state index in [1.54, 1.807) is 0 Å². The van der Waals surface area contributed by atoms with Crippen LogP contribution in [0.4, 0.5) is 0 Å². The largest absolute Gasteiger partial charge is 0.467 e. The molecule has 96 valence electrons. The van der Waals surface area contributed by atoms with Gasteiger partial charge in [0.05, 0.1) is 13.7 Å². The van der Waals surface area contributed by atoms with Gasteiger partial charge in [0.15, 0.2) is 0 Å². The molecule has 0 aliphatic carbocycles. The number of carbonyl (C=O) groups is 1. The Kier molecular flexibility index (Phi) is 5.39. The smallest absolute Gasteiger partial charge is 0.330 e. The van der Waals surface area contributed by atoms with Gasteiger partial charge in [-0.2, -0.15) is 0 Å². The van der Waals surface area contributed by atoms with Crippen molar-refractivity contribution >= 4 is 21.9 Å². The minimum atomic E-state index is -0.887. The van der Waals surface area contributed by atoms with Gasteiger partial charge in [-0.05, 0) is 24.1 Å². The molecule has 0 saturated carbocycles. The van der Waals surface area contributed by atoms with Crippen LogP contribution in [0.25, 0.3) is 0 Å². The first-order valence-electron chi connectivity index (χ1n) is 5.63. The second-order valence-corrected chi connectivity index (χ2v) is 4.73. The van der Waals surface area contributed by atoms with Crippen LogP contribution in [0, 0.1) is 12.3 Å². The molecule has 3 nitrogen and oxygen atoms in total. The molecule has 1 aromatic carbocycles. The first kappa shape index (κ1) is 14.7. The van der Waals surface area contributed by atoms with E-state index in [9.17, 15) is 4.79 Å². The van der Waals surface area contributed by atoms with Crippen LogP contribution >= 0.6 is 15.9 Å². The average Bonchev–Trinajstić information content (AvgIpc) is 2.41. The molecule has 0 spiro atoms. The second kappa shape index (κ2) is 6.58. The average molecular weight is 310 g/mol. The fraction of sp³-hybridized carbons (Fsp3) is 0.357. The van der Waals surface area contributed by atoms with Crippen molar-refractivity contribution in [1.82, 2.24) is 5.32 Å². The normalized spacial score (nSPS) is 13.4. The highest BCUT2D eigenvalue weighted by molar-refractivity contribution is 9.10. The number of halogens is 1. The molecule has 1 rings (SSSR count). The Morgan fingerprint density at radius 1 is 1.50 bits per heavy atom. The van der Waals surface area contributed by atoms with Gasteiger partial charge in [0, 0.05) is 4.47 Å². The maximum Gasteiger partial charge on any atom is 0.330 e. The van der Waals surface area contributed by atoms with E-state index in [0.29, 0.717) is 13.0 Å². The monoisotopic (exact) mass is 309 g/mol. The van der Waals surface area contributed by atoms with E-state index in [2.05, 4.69) is 27.2 Å². The van der Waals surface area contributed by atoms with E-state index in [4.69, 9.17) is 11.2 Å². The zero-order chi connectivity index (χ0) is 13.6. The molecule has 0 aliphatic rings. The Labute approximate surface area is 116 Å². The lowest BCUT2D eigenvalue weighted by Gasteiger charge is -2.31. The fourth-order valence-electron chi connectivity index (χ4n) is 1.88. The standard InChI is InChI=1S/C14H16BrNO2/c1-4-10-16-14(5-2,13(17)18-3)11-6-8-12(15)9-7-11/h1,6-9,16H,5,10H2,2-3H3. The van der Waals surface area contributed by atoms with E-state index >= 15 is 0 Å². The summed E-state index contributed by atoms with van der Waals surface area (Å²) in [4.78, 5) is 12.1. The number of benzene rings is 1. The van der Waals surface area contributed by atoms with Crippen molar-refractivity contribution < 1.29 is 9.53 Å². The summed E-state index contributed by atoms with van der Waals surface area (Å²) in [7, 11) is 1.38. The van der Waals surface area contributed by atoms with E-state index in [-0.39, 0.29) is 5.97 Å². The van der Waals surface area contributed by atoms with Crippen molar-refractivity contribution in [1.29, 1.82) is 0 Å². The van der Waals surface area contributed by atoms with Crippen molar-refractivity contribution in [3.63, 3.8) is 0 Å². The first-order valence-corrected chi connectivity index (χ1v) is 6.43. The summed E-state index contributed by atoms with van der Waals surface area (Å²) in [5, 5.41) is 3.09. The number of esters is 1.